The summed E-state index contributed by atoms with van der Waals surface area (Å²) in [5.74, 6) is -0.0972. The second kappa shape index (κ2) is 8.39. The monoisotopic (exact) mass is 419 g/mol. The molecule has 31 heavy (non-hydrogen) atoms. The van der Waals surface area contributed by atoms with Gasteiger partial charge in [-0.15, -0.1) is 0 Å². The van der Waals surface area contributed by atoms with Crippen LogP contribution < -0.4 is 14.8 Å². The maximum atomic E-state index is 12.6. The van der Waals surface area contributed by atoms with Crippen LogP contribution in [0.15, 0.2) is 59.0 Å². The Morgan fingerprint density at radius 3 is 2.55 bits per heavy atom. The minimum Gasteiger partial charge on any atom is -0.497 e. The summed E-state index contributed by atoms with van der Waals surface area (Å²) < 4.78 is 21.4. The number of nitrogens with one attached hydrogen (secondary N) is 1. The third kappa shape index (κ3) is 3.90. The number of fused-ring (bicyclic) bond motifs is 3. The smallest absolute Gasteiger partial charge is 0.375 e. The third-order valence-corrected chi connectivity index (χ3v) is 5.03. The first-order valence-corrected chi connectivity index (χ1v) is 9.61. The molecule has 3 aromatic carbocycles. The molecule has 1 N–H and O–H groups in total. The van der Waals surface area contributed by atoms with Gasteiger partial charge in [0.15, 0.2) is 6.61 Å². The number of furan rings is 1. The van der Waals surface area contributed by atoms with Crippen molar-refractivity contribution in [2.45, 2.75) is 6.92 Å². The van der Waals surface area contributed by atoms with Crippen molar-refractivity contribution in [2.24, 2.45) is 0 Å². The van der Waals surface area contributed by atoms with Gasteiger partial charge in [-0.3, -0.25) is 4.79 Å². The highest BCUT2D eigenvalue weighted by atomic mass is 16.5. The van der Waals surface area contributed by atoms with Crippen LogP contribution in [0, 0.1) is 6.92 Å². The molecular formula is C24H21NO6. The van der Waals surface area contributed by atoms with Gasteiger partial charge in [-0.2, -0.15) is 0 Å². The van der Waals surface area contributed by atoms with E-state index in [-0.39, 0.29) is 5.76 Å². The molecule has 158 valence electrons. The summed E-state index contributed by atoms with van der Waals surface area (Å²) in [6, 6.07) is 16.6. The van der Waals surface area contributed by atoms with Gasteiger partial charge in [-0.25, -0.2) is 4.79 Å². The quantitative estimate of drug-likeness (QED) is 0.456. The normalized spacial score (nSPS) is 10.8. The summed E-state index contributed by atoms with van der Waals surface area (Å²) in [4.78, 5) is 24.9. The summed E-state index contributed by atoms with van der Waals surface area (Å²) in [5.41, 5.74) is 1.73. The molecule has 0 bridgehead atoms. The highest BCUT2D eigenvalue weighted by Gasteiger charge is 2.21. The van der Waals surface area contributed by atoms with Crippen LogP contribution in [-0.2, 0) is 9.53 Å². The Hall–Kier alpha value is -4.00. The number of benzene rings is 3. The van der Waals surface area contributed by atoms with Crippen LogP contribution in [0.25, 0.3) is 21.7 Å². The second-order valence-corrected chi connectivity index (χ2v) is 6.91. The van der Waals surface area contributed by atoms with E-state index < -0.39 is 18.5 Å². The predicted molar refractivity (Wildman–Crippen MR) is 117 cm³/mol. The molecule has 4 rings (SSSR count). The minimum atomic E-state index is -0.699. The van der Waals surface area contributed by atoms with E-state index in [0.717, 1.165) is 16.2 Å². The molecule has 7 heteroatoms. The van der Waals surface area contributed by atoms with Crippen LogP contribution >= 0.6 is 0 Å². The lowest BCUT2D eigenvalue weighted by Crippen LogP contribution is -2.21. The first-order chi connectivity index (χ1) is 15.0. The Bertz CT molecular complexity index is 1290. The number of methoxy groups -OCH3 is 2. The number of hydrogen-bond donors (Lipinski definition) is 1. The van der Waals surface area contributed by atoms with Gasteiger partial charge in [-0.1, -0.05) is 36.4 Å². The highest BCUT2D eigenvalue weighted by Crippen LogP contribution is 2.32. The van der Waals surface area contributed by atoms with Crippen molar-refractivity contribution in [3.63, 3.8) is 0 Å². The zero-order valence-electron chi connectivity index (χ0n) is 17.4. The lowest BCUT2D eigenvalue weighted by atomic mass is 10.1. The minimum absolute atomic E-state index is 0.0844. The molecule has 1 amide bonds. The van der Waals surface area contributed by atoms with Crippen molar-refractivity contribution in [3.8, 4) is 11.5 Å². The Balaban J connectivity index is 1.49. The molecule has 0 aliphatic heterocycles. The van der Waals surface area contributed by atoms with Crippen LogP contribution in [0.4, 0.5) is 5.69 Å². The molecule has 0 aliphatic carbocycles. The van der Waals surface area contributed by atoms with Gasteiger partial charge in [0, 0.05) is 22.4 Å². The van der Waals surface area contributed by atoms with Gasteiger partial charge in [0.2, 0.25) is 5.76 Å². The predicted octanol–water partition coefficient (Wildman–Crippen LogP) is 4.71. The number of carbonyl (C=O) groups is 2. The molecule has 0 atom stereocenters. The maximum Gasteiger partial charge on any atom is 0.375 e. The standard InChI is InChI=1S/C24H21NO6/c1-14-17-10-8-15-6-4-5-7-18(15)23(17)31-22(14)24(27)30-13-21(26)25-19-11-9-16(28-2)12-20(19)29-3/h4-12H,13H2,1-3H3,(H,25,26). The first-order valence-electron chi connectivity index (χ1n) is 9.61. The van der Waals surface area contributed by atoms with E-state index in [9.17, 15) is 9.59 Å². The van der Waals surface area contributed by atoms with Gasteiger partial charge < -0.3 is 23.9 Å². The molecule has 0 saturated heterocycles. The average Bonchev–Trinajstić information content (AvgIpc) is 3.14. The van der Waals surface area contributed by atoms with E-state index in [4.69, 9.17) is 18.6 Å². The molecule has 1 aromatic heterocycles. The zero-order chi connectivity index (χ0) is 22.0. The van der Waals surface area contributed by atoms with Crippen molar-refractivity contribution in [1.82, 2.24) is 0 Å². The lowest BCUT2D eigenvalue weighted by molar-refractivity contribution is -0.119. The molecule has 0 spiro atoms. The Morgan fingerprint density at radius 1 is 0.968 bits per heavy atom. The number of aryl methyl sites for hydroxylation is 1. The summed E-state index contributed by atoms with van der Waals surface area (Å²) in [5, 5.41) is 5.41. The van der Waals surface area contributed by atoms with Crippen LogP contribution in [0.1, 0.15) is 16.1 Å². The fraction of sp³-hybridized carbons (Fsp3) is 0.167. The van der Waals surface area contributed by atoms with Gasteiger partial charge in [0.05, 0.1) is 19.9 Å². The largest absolute Gasteiger partial charge is 0.497 e. The number of ether oxygens (including phenoxy) is 3. The molecule has 7 nitrogen and oxygen atoms in total. The molecule has 0 aliphatic rings. The van der Waals surface area contributed by atoms with Crippen molar-refractivity contribution < 1.29 is 28.2 Å². The summed E-state index contributed by atoms with van der Waals surface area (Å²) in [6.45, 7) is 1.32. The second-order valence-electron chi connectivity index (χ2n) is 6.91. The summed E-state index contributed by atoms with van der Waals surface area (Å²) >= 11 is 0. The van der Waals surface area contributed by atoms with Crippen LogP contribution in [0.5, 0.6) is 11.5 Å². The molecule has 0 saturated carbocycles. The zero-order valence-corrected chi connectivity index (χ0v) is 17.4. The SMILES string of the molecule is COc1ccc(NC(=O)COC(=O)c2oc3c(ccc4ccccc43)c2C)c(OC)c1. The van der Waals surface area contributed by atoms with E-state index in [1.165, 1.54) is 14.2 Å². The first kappa shape index (κ1) is 20.3. The molecular weight excluding hydrogens is 398 g/mol. The van der Waals surface area contributed by atoms with E-state index in [2.05, 4.69) is 5.32 Å². The van der Waals surface area contributed by atoms with Crippen molar-refractivity contribution in [1.29, 1.82) is 0 Å². The fourth-order valence-electron chi connectivity index (χ4n) is 3.43. The summed E-state index contributed by atoms with van der Waals surface area (Å²) in [7, 11) is 3.02. The van der Waals surface area contributed by atoms with Crippen molar-refractivity contribution in [3.05, 3.63) is 65.9 Å². The van der Waals surface area contributed by atoms with E-state index >= 15 is 0 Å². The van der Waals surface area contributed by atoms with Gasteiger partial charge in [0.1, 0.15) is 17.1 Å². The van der Waals surface area contributed by atoms with E-state index in [1.54, 1.807) is 25.1 Å². The maximum absolute atomic E-state index is 12.6. The number of esters is 1. The Labute approximate surface area is 178 Å². The molecule has 1 heterocycles. The van der Waals surface area contributed by atoms with Crippen molar-refractivity contribution in [2.75, 3.05) is 26.1 Å². The highest BCUT2D eigenvalue weighted by molar-refractivity contribution is 6.08. The number of carbonyl (C=O) groups excluding carboxylic acids is 2. The molecule has 0 unspecified atom stereocenters. The number of hydrogen-bond acceptors (Lipinski definition) is 6. The van der Waals surface area contributed by atoms with Gasteiger partial charge >= 0.3 is 5.97 Å². The number of amides is 1. The lowest BCUT2D eigenvalue weighted by Gasteiger charge is -2.11. The Kier molecular flexibility index (Phi) is 5.49. The van der Waals surface area contributed by atoms with Gasteiger partial charge in [0.25, 0.3) is 5.91 Å². The number of anilines is 1. The molecule has 4 aromatic rings. The molecule has 0 fully saturated rings. The van der Waals surface area contributed by atoms with Gasteiger partial charge in [-0.05, 0) is 24.4 Å². The van der Waals surface area contributed by atoms with Crippen molar-refractivity contribution >= 4 is 39.3 Å². The van der Waals surface area contributed by atoms with E-state index in [1.807, 2.05) is 36.4 Å². The van der Waals surface area contributed by atoms with E-state index in [0.29, 0.717) is 28.3 Å². The van der Waals surface area contributed by atoms with Crippen LogP contribution in [0.2, 0.25) is 0 Å². The third-order valence-electron chi connectivity index (χ3n) is 5.03. The Morgan fingerprint density at radius 2 is 1.77 bits per heavy atom. The topological polar surface area (TPSA) is 87.0 Å². The van der Waals surface area contributed by atoms with Crippen LogP contribution in [-0.4, -0.2) is 32.7 Å². The summed E-state index contributed by atoms with van der Waals surface area (Å²) in [6.07, 6.45) is 0. The molecule has 0 radical (unpaired) electrons. The average molecular weight is 419 g/mol. The fourth-order valence-corrected chi connectivity index (χ4v) is 3.43. The number of rotatable bonds is 6. The van der Waals surface area contributed by atoms with Crippen LogP contribution in [0.3, 0.4) is 0 Å².